The standard InChI is InChI=1S/C11H21NO/c1-2-3-4-5-6-7-8-9-11(13)10-12/h11,13H,2-9H2,1H3. The Morgan fingerprint density at radius 1 is 1.08 bits per heavy atom. The van der Waals surface area contributed by atoms with Gasteiger partial charge in [0.05, 0.1) is 6.07 Å². The first-order chi connectivity index (χ1) is 6.31. The second kappa shape index (κ2) is 9.54. The lowest BCUT2D eigenvalue weighted by molar-refractivity contribution is 0.215. The van der Waals surface area contributed by atoms with Gasteiger partial charge >= 0.3 is 0 Å². The van der Waals surface area contributed by atoms with Gasteiger partial charge in [0.15, 0.2) is 0 Å². The van der Waals surface area contributed by atoms with Crippen LogP contribution in [-0.2, 0) is 0 Å². The maximum atomic E-state index is 8.94. The van der Waals surface area contributed by atoms with Gasteiger partial charge in [0.2, 0.25) is 0 Å². The maximum absolute atomic E-state index is 8.94. The van der Waals surface area contributed by atoms with Crippen LogP contribution in [0.4, 0.5) is 0 Å². The number of unbranched alkanes of at least 4 members (excludes halogenated alkanes) is 6. The highest BCUT2D eigenvalue weighted by Crippen LogP contribution is 2.09. The first-order valence-electron chi connectivity index (χ1n) is 5.39. The second-order valence-electron chi connectivity index (χ2n) is 3.55. The number of nitriles is 1. The first kappa shape index (κ1) is 12.4. The molecule has 0 heterocycles. The summed E-state index contributed by atoms with van der Waals surface area (Å²) in [6.07, 6.45) is 8.55. The van der Waals surface area contributed by atoms with Crippen molar-refractivity contribution >= 4 is 0 Å². The molecule has 0 saturated heterocycles. The van der Waals surface area contributed by atoms with Crippen molar-refractivity contribution in [2.75, 3.05) is 0 Å². The van der Waals surface area contributed by atoms with E-state index in [1.165, 1.54) is 32.1 Å². The van der Waals surface area contributed by atoms with Crippen LogP contribution in [0.15, 0.2) is 0 Å². The average Bonchev–Trinajstić information content (AvgIpc) is 2.16. The Morgan fingerprint density at radius 2 is 1.62 bits per heavy atom. The van der Waals surface area contributed by atoms with Crippen LogP contribution in [0.2, 0.25) is 0 Å². The monoisotopic (exact) mass is 183 g/mol. The van der Waals surface area contributed by atoms with E-state index >= 15 is 0 Å². The fourth-order valence-corrected chi connectivity index (χ4v) is 1.36. The van der Waals surface area contributed by atoms with Crippen LogP contribution >= 0.6 is 0 Å². The topological polar surface area (TPSA) is 44.0 Å². The van der Waals surface area contributed by atoms with Crippen LogP contribution in [0.25, 0.3) is 0 Å². The molecule has 0 aliphatic carbocycles. The molecule has 76 valence electrons. The number of aliphatic hydroxyl groups is 1. The molecular formula is C11H21NO. The number of hydrogen-bond donors (Lipinski definition) is 1. The highest BCUT2D eigenvalue weighted by molar-refractivity contribution is 4.81. The van der Waals surface area contributed by atoms with Crippen LogP contribution in [0.5, 0.6) is 0 Å². The number of nitrogens with zero attached hydrogens (tertiary/aromatic N) is 1. The van der Waals surface area contributed by atoms with Crippen LogP contribution in [0.1, 0.15) is 58.3 Å². The van der Waals surface area contributed by atoms with E-state index in [-0.39, 0.29) is 0 Å². The normalized spacial score (nSPS) is 12.4. The highest BCUT2D eigenvalue weighted by Gasteiger charge is 1.99. The summed E-state index contributed by atoms with van der Waals surface area (Å²) in [7, 11) is 0. The third-order valence-corrected chi connectivity index (χ3v) is 2.23. The molecule has 0 rings (SSSR count). The summed E-state index contributed by atoms with van der Waals surface area (Å²) >= 11 is 0. The quantitative estimate of drug-likeness (QED) is 0.464. The highest BCUT2D eigenvalue weighted by atomic mass is 16.3. The molecule has 0 amide bonds. The first-order valence-corrected chi connectivity index (χ1v) is 5.39. The van der Waals surface area contributed by atoms with E-state index in [0.717, 1.165) is 12.8 Å². The Labute approximate surface area is 81.6 Å². The summed E-state index contributed by atoms with van der Waals surface area (Å²) in [5.41, 5.74) is 0. The van der Waals surface area contributed by atoms with E-state index < -0.39 is 6.10 Å². The second-order valence-corrected chi connectivity index (χ2v) is 3.55. The average molecular weight is 183 g/mol. The Morgan fingerprint density at radius 3 is 2.15 bits per heavy atom. The molecule has 0 fully saturated rings. The van der Waals surface area contributed by atoms with Crippen LogP contribution in [-0.4, -0.2) is 11.2 Å². The number of rotatable bonds is 8. The zero-order chi connectivity index (χ0) is 9.94. The molecule has 0 bridgehead atoms. The molecule has 0 aromatic rings. The molecule has 2 nitrogen and oxygen atoms in total. The zero-order valence-electron chi connectivity index (χ0n) is 8.63. The van der Waals surface area contributed by atoms with Gasteiger partial charge in [-0.2, -0.15) is 5.26 Å². The van der Waals surface area contributed by atoms with Gasteiger partial charge in [0.1, 0.15) is 6.10 Å². The van der Waals surface area contributed by atoms with Gasteiger partial charge < -0.3 is 5.11 Å². The Bertz CT molecular complexity index is 140. The van der Waals surface area contributed by atoms with E-state index in [1.54, 1.807) is 0 Å². The van der Waals surface area contributed by atoms with E-state index in [4.69, 9.17) is 10.4 Å². The molecule has 0 aliphatic heterocycles. The molecule has 13 heavy (non-hydrogen) atoms. The molecule has 2 heteroatoms. The van der Waals surface area contributed by atoms with E-state index in [0.29, 0.717) is 6.42 Å². The fraction of sp³-hybridized carbons (Fsp3) is 0.909. The molecule has 1 N–H and O–H groups in total. The lowest BCUT2D eigenvalue weighted by atomic mass is 10.1. The van der Waals surface area contributed by atoms with E-state index in [9.17, 15) is 0 Å². The predicted octanol–water partition coefficient (Wildman–Crippen LogP) is 3.01. The van der Waals surface area contributed by atoms with Crippen LogP contribution < -0.4 is 0 Å². The molecule has 0 saturated carbocycles. The lowest BCUT2D eigenvalue weighted by Crippen LogP contribution is -2.01. The summed E-state index contributed by atoms with van der Waals surface area (Å²) in [6.45, 7) is 2.21. The van der Waals surface area contributed by atoms with Crippen LogP contribution in [0.3, 0.4) is 0 Å². The van der Waals surface area contributed by atoms with Gasteiger partial charge in [-0.3, -0.25) is 0 Å². The minimum Gasteiger partial charge on any atom is -0.378 e. The molecule has 0 aromatic heterocycles. The van der Waals surface area contributed by atoms with Gasteiger partial charge in [0, 0.05) is 0 Å². The van der Waals surface area contributed by atoms with Gasteiger partial charge in [-0.25, -0.2) is 0 Å². The zero-order valence-corrected chi connectivity index (χ0v) is 8.63. The van der Waals surface area contributed by atoms with Crippen molar-refractivity contribution in [1.82, 2.24) is 0 Å². The fourth-order valence-electron chi connectivity index (χ4n) is 1.36. The molecule has 0 aliphatic rings. The van der Waals surface area contributed by atoms with Gasteiger partial charge in [-0.15, -0.1) is 0 Å². The van der Waals surface area contributed by atoms with Crippen molar-refractivity contribution in [3.8, 4) is 6.07 Å². The van der Waals surface area contributed by atoms with E-state index in [2.05, 4.69) is 6.92 Å². The van der Waals surface area contributed by atoms with Crippen molar-refractivity contribution in [3.05, 3.63) is 0 Å². The van der Waals surface area contributed by atoms with E-state index in [1.807, 2.05) is 6.07 Å². The molecule has 0 aromatic carbocycles. The van der Waals surface area contributed by atoms with Crippen molar-refractivity contribution in [2.24, 2.45) is 0 Å². The predicted molar refractivity (Wildman–Crippen MR) is 54.2 cm³/mol. The third-order valence-electron chi connectivity index (χ3n) is 2.23. The largest absolute Gasteiger partial charge is 0.378 e. The van der Waals surface area contributed by atoms with Gasteiger partial charge in [-0.05, 0) is 12.8 Å². The summed E-state index contributed by atoms with van der Waals surface area (Å²) in [5.74, 6) is 0. The summed E-state index contributed by atoms with van der Waals surface area (Å²) < 4.78 is 0. The molecular weight excluding hydrogens is 162 g/mol. The molecule has 1 unspecified atom stereocenters. The molecule has 0 spiro atoms. The summed E-state index contributed by atoms with van der Waals surface area (Å²) in [6, 6.07) is 1.83. The van der Waals surface area contributed by atoms with Crippen molar-refractivity contribution < 1.29 is 5.11 Å². The summed E-state index contributed by atoms with van der Waals surface area (Å²) in [4.78, 5) is 0. The lowest BCUT2D eigenvalue weighted by Gasteiger charge is -2.01. The molecule has 0 radical (unpaired) electrons. The smallest absolute Gasteiger partial charge is 0.140 e. The Kier molecular flexibility index (Phi) is 9.13. The summed E-state index contributed by atoms with van der Waals surface area (Å²) in [5, 5.41) is 17.2. The Balaban J connectivity index is 2.96. The van der Waals surface area contributed by atoms with Gasteiger partial charge in [-0.1, -0.05) is 45.4 Å². The minimum atomic E-state index is -0.740. The maximum Gasteiger partial charge on any atom is 0.140 e. The third kappa shape index (κ3) is 9.36. The SMILES string of the molecule is CCCCCCCCCC(O)C#N. The Hall–Kier alpha value is -0.550. The number of hydrogen-bond acceptors (Lipinski definition) is 2. The number of aliphatic hydroxyl groups excluding tert-OH is 1. The van der Waals surface area contributed by atoms with Crippen LogP contribution in [0, 0.1) is 11.3 Å². The van der Waals surface area contributed by atoms with Gasteiger partial charge in [0.25, 0.3) is 0 Å². The van der Waals surface area contributed by atoms with Crippen molar-refractivity contribution in [2.45, 2.75) is 64.4 Å². The minimum absolute atomic E-state index is 0.643. The molecule has 1 atom stereocenters. The van der Waals surface area contributed by atoms with Crippen molar-refractivity contribution in [3.63, 3.8) is 0 Å². The van der Waals surface area contributed by atoms with Crippen molar-refractivity contribution in [1.29, 1.82) is 5.26 Å².